The number of nitrogens with zero attached hydrogens (tertiary/aromatic N) is 1. The molecule has 1 aliphatic heterocycles. The SMILES string of the molecule is CC.CN1CCC(C(C)(C)O)CC1.[2H]C. The summed E-state index contributed by atoms with van der Waals surface area (Å²) in [5.74, 6) is 0.499. The summed E-state index contributed by atoms with van der Waals surface area (Å²) in [6, 6.07) is 0. The van der Waals surface area contributed by atoms with E-state index in [1.54, 1.807) is 0 Å². The number of piperidine rings is 1. The Kier molecular flexibility index (Phi) is 7.20. The largest absolute Gasteiger partial charge is 0.390 e. The van der Waals surface area contributed by atoms with E-state index < -0.39 is 5.60 Å². The molecule has 1 heterocycles. The van der Waals surface area contributed by atoms with Gasteiger partial charge in [-0.3, -0.25) is 0 Å². The standard InChI is InChI=1S/C9H19NO.C2H6.CH4/c1-9(2,11)8-4-6-10(3)7-5-8;1-2;/h8,11H,4-7H2,1-3H3;1-2H3;1H4/i;;1D. The van der Waals surface area contributed by atoms with E-state index >= 15 is 0 Å². The Labute approximate surface area is 91.7 Å². The predicted molar refractivity (Wildman–Crippen MR) is 64.6 cm³/mol. The second-order valence-corrected chi connectivity index (χ2v) is 4.23. The molecule has 0 spiro atoms. The molecule has 0 aliphatic carbocycles. The van der Waals surface area contributed by atoms with Crippen LogP contribution >= 0.6 is 0 Å². The van der Waals surface area contributed by atoms with Gasteiger partial charge < -0.3 is 10.0 Å². The Morgan fingerprint density at radius 3 is 1.93 bits per heavy atom. The molecule has 2 nitrogen and oxygen atoms in total. The van der Waals surface area contributed by atoms with Crippen LogP contribution in [-0.4, -0.2) is 35.7 Å². The minimum Gasteiger partial charge on any atom is -0.390 e. The molecule has 1 saturated heterocycles. The van der Waals surface area contributed by atoms with Gasteiger partial charge in [0.15, 0.2) is 0 Å². The van der Waals surface area contributed by atoms with Gasteiger partial charge in [0.05, 0.1) is 5.60 Å². The van der Waals surface area contributed by atoms with E-state index in [-0.39, 0.29) is 0 Å². The lowest BCUT2D eigenvalue weighted by atomic mass is 9.83. The minimum atomic E-state index is -0.471. The summed E-state index contributed by atoms with van der Waals surface area (Å²) in [6.45, 7) is 10.1. The van der Waals surface area contributed by atoms with Gasteiger partial charge in [0.2, 0.25) is 0 Å². The summed E-state index contributed by atoms with van der Waals surface area (Å²) in [6.07, 6.45) is 2.28. The van der Waals surface area contributed by atoms with Crippen molar-refractivity contribution in [1.29, 1.82) is 0 Å². The third-order valence-corrected chi connectivity index (χ3v) is 2.72. The topological polar surface area (TPSA) is 23.5 Å². The Bertz CT molecular complexity index is 126. The first-order valence-corrected chi connectivity index (χ1v) is 5.41. The monoisotopic (exact) mass is 204 g/mol. The normalized spacial score (nSPS) is 19.8. The van der Waals surface area contributed by atoms with Crippen LogP contribution in [0, 0.1) is 5.92 Å². The third-order valence-electron chi connectivity index (χ3n) is 2.72. The van der Waals surface area contributed by atoms with Gasteiger partial charge in [0.1, 0.15) is 0 Å². The molecule has 0 radical (unpaired) electrons. The Morgan fingerprint density at radius 2 is 1.64 bits per heavy atom. The van der Waals surface area contributed by atoms with Crippen LogP contribution in [0.25, 0.3) is 0 Å². The fraction of sp³-hybridized carbons (Fsp3) is 1.00. The van der Waals surface area contributed by atoms with Gasteiger partial charge in [0, 0.05) is 1.37 Å². The zero-order valence-corrected chi connectivity index (χ0v) is 10.8. The van der Waals surface area contributed by atoms with Crippen molar-refractivity contribution in [1.82, 2.24) is 4.90 Å². The fourth-order valence-corrected chi connectivity index (χ4v) is 1.72. The van der Waals surface area contributed by atoms with Crippen molar-refractivity contribution in [2.24, 2.45) is 5.92 Å². The summed E-state index contributed by atoms with van der Waals surface area (Å²) >= 11 is 0. The highest BCUT2D eigenvalue weighted by atomic mass is 16.3. The van der Waals surface area contributed by atoms with Gasteiger partial charge in [-0.2, -0.15) is 0 Å². The maximum absolute atomic E-state index is 9.71. The number of hydrogen-bond acceptors (Lipinski definition) is 2. The molecule has 0 atom stereocenters. The molecule has 0 unspecified atom stereocenters. The van der Waals surface area contributed by atoms with Crippen molar-refractivity contribution >= 4 is 0 Å². The zero-order chi connectivity index (χ0) is 12.5. The Hall–Kier alpha value is -0.0800. The van der Waals surface area contributed by atoms with Crippen molar-refractivity contribution in [3.63, 3.8) is 0 Å². The van der Waals surface area contributed by atoms with Crippen LogP contribution in [0.3, 0.4) is 0 Å². The van der Waals surface area contributed by atoms with Gasteiger partial charge >= 0.3 is 0 Å². The summed E-state index contributed by atoms with van der Waals surface area (Å²) < 4.78 is 5.75. The average molecular weight is 204 g/mol. The van der Waals surface area contributed by atoms with E-state index in [0.717, 1.165) is 25.9 Å². The second kappa shape index (κ2) is 7.24. The highest BCUT2D eigenvalue weighted by molar-refractivity contribution is 4.81. The molecular formula is C12H29NO. The fourth-order valence-electron chi connectivity index (χ4n) is 1.72. The first-order valence-electron chi connectivity index (χ1n) is 6.41. The maximum atomic E-state index is 9.71. The Morgan fingerprint density at radius 1 is 1.29 bits per heavy atom. The lowest BCUT2D eigenvalue weighted by Gasteiger charge is -2.36. The van der Waals surface area contributed by atoms with Crippen molar-refractivity contribution < 1.29 is 6.48 Å². The van der Waals surface area contributed by atoms with Crippen LogP contribution in [0.15, 0.2) is 0 Å². The molecule has 14 heavy (non-hydrogen) atoms. The number of aliphatic hydroxyl groups is 1. The van der Waals surface area contributed by atoms with Gasteiger partial charge in [0.25, 0.3) is 0 Å². The summed E-state index contributed by atoms with van der Waals surface area (Å²) in [5, 5.41) is 9.71. The maximum Gasteiger partial charge on any atom is 0.0620 e. The molecule has 0 aromatic heterocycles. The average Bonchev–Trinajstić information content (AvgIpc) is 2.23. The molecule has 0 aromatic rings. The summed E-state index contributed by atoms with van der Waals surface area (Å²) in [7, 11) is 3.39. The molecule has 0 bridgehead atoms. The van der Waals surface area contributed by atoms with E-state index in [1.807, 2.05) is 27.7 Å². The lowest BCUT2D eigenvalue weighted by molar-refractivity contribution is -0.00924. The smallest absolute Gasteiger partial charge is 0.0620 e. The van der Waals surface area contributed by atoms with Crippen LogP contribution in [0.2, 0.25) is 0 Å². The second-order valence-electron chi connectivity index (χ2n) is 4.23. The van der Waals surface area contributed by atoms with Crippen molar-refractivity contribution in [2.45, 2.75) is 53.5 Å². The Balaban J connectivity index is 0. The molecule has 88 valence electrons. The molecule has 1 rings (SSSR count). The molecule has 0 amide bonds. The van der Waals surface area contributed by atoms with E-state index in [1.165, 1.54) is 7.40 Å². The van der Waals surface area contributed by atoms with E-state index in [4.69, 9.17) is 1.37 Å². The van der Waals surface area contributed by atoms with E-state index in [0.29, 0.717) is 5.92 Å². The quantitative estimate of drug-likeness (QED) is 0.710. The molecule has 1 aliphatic rings. The molecule has 0 saturated carbocycles. The minimum absolute atomic E-state index is 0.471. The van der Waals surface area contributed by atoms with Crippen molar-refractivity contribution in [3.05, 3.63) is 0 Å². The molecular weight excluding hydrogens is 174 g/mol. The molecule has 1 fully saturated rings. The van der Waals surface area contributed by atoms with Crippen LogP contribution < -0.4 is 0 Å². The van der Waals surface area contributed by atoms with Crippen LogP contribution in [0.4, 0.5) is 0 Å². The number of hydrogen-bond donors (Lipinski definition) is 1. The van der Waals surface area contributed by atoms with E-state index in [2.05, 4.69) is 11.9 Å². The van der Waals surface area contributed by atoms with Gasteiger partial charge in [-0.05, 0) is 52.7 Å². The van der Waals surface area contributed by atoms with Gasteiger partial charge in [-0.25, -0.2) is 0 Å². The molecule has 0 aromatic carbocycles. The lowest BCUT2D eigenvalue weighted by Crippen LogP contribution is -2.40. The van der Waals surface area contributed by atoms with Crippen LogP contribution in [0.1, 0.15) is 49.3 Å². The van der Waals surface area contributed by atoms with Gasteiger partial charge in [-0.1, -0.05) is 21.3 Å². The highest BCUT2D eigenvalue weighted by Gasteiger charge is 2.29. The molecule has 2 heteroatoms. The third kappa shape index (κ3) is 5.61. The van der Waals surface area contributed by atoms with Crippen LogP contribution in [0.5, 0.6) is 0 Å². The van der Waals surface area contributed by atoms with Crippen LogP contribution in [-0.2, 0) is 0 Å². The van der Waals surface area contributed by atoms with Crippen molar-refractivity contribution in [3.8, 4) is 0 Å². The summed E-state index contributed by atoms with van der Waals surface area (Å²) in [4.78, 5) is 2.32. The number of rotatable bonds is 1. The number of likely N-dealkylation sites (tertiary alicyclic amines) is 1. The first kappa shape index (κ1) is 13.9. The highest BCUT2D eigenvalue weighted by Crippen LogP contribution is 2.26. The first-order chi connectivity index (χ1) is 7.00. The summed E-state index contributed by atoms with van der Waals surface area (Å²) in [5.41, 5.74) is -0.471. The predicted octanol–water partition coefficient (Wildman–Crippen LogP) is 2.76. The van der Waals surface area contributed by atoms with Gasteiger partial charge in [-0.15, -0.1) is 0 Å². The zero-order valence-electron chi connectivity index (χ0n) is 11.8. The van der Waals surface area contributed by atoms with E-state index in [9.17, 15) is 5.11 Å². The molecule has 1 N–H and O–H groups in total. The van der Waals surface area contributed by atoms with Crippen molar-refractivity contribution in [2.75, 3.05) is 20.1 Å².